The number of thioether (sulfide) groups is 1. The van der Waals surface area contributed by atoms with Gasteiger partial charge in [-0.2, -0.15) is 11.8 Å². The Morgan fingerprint density at radius 2 is 1.96 bits per heavy atom. The van der Waals surface area contributed by atoms with Crippen LogP contribution in [0.4, 0.5) is 5.69 Å². The van der Waals surface area contributed by atoms with Crippen LogP contribution in [0.5, 0.6) is 0 Å². The van der Waals surface area contributed by atoms with Gasteiger partial charge < -0.3 is 15.4 Å². The molecule has 0 amide bonds. The summed E-state index contributed by atoms with van der Waals surface area (Å²) >= 11 is 19.3. The van der Waals surface area contributed by atoms with Crippen LogP contribution >= 0.6 is 47.2 Å². The molecule has 0 atom stereocenters. The van der Waals surface area contributed by atoms with E-state index in [1.165, 1.54) is 7.11 Å². The zero-order valence-corrected chi connectivity index (χ0v) is 17.2. The van der Waals surface area contributed by atoms with Crippen LogP contribution in [0.1, 0.15) is 15.9 Å². The van der Waals surface area contributed by atoms with Crippen LogP contribution in [-0.2, 0) is 10.5 Å². The second kappa shape index (κ2) is 10.6. The van der Waals surface area contributed by atoms with Gasteiger partial charge in [0.2, 0.25) is 0 Å². The average molecular weight is 429 g/mol. The predicted molar refractivity (Wildman–Crippen MR) is 115 cm³/mol. The van der Waals surface area contributed by atoms with Crippen LogP contribution in [0.15, 0.2) is 42.5 Å². The molecule has 0 unspecified atom stereocenters. The first-order valence-corrected chi connectivity index (χ1v) is 10.1. The maximum atomic E-state index is 11.6. The van der Waals surface area contributed by atoms with Gasteiger partial charge in [0.25, 0.3) is 0 Å². The van der Waals surface area contributed by atoms with E-state index in [-0.39, 0.29) is 0 Å². The topological polar surface area (TPSA) is 50.4 Å². The van der Waals surface area contributed by atoms with Gasteiger partial charge in [0.05, 0.1) is 23.4 Å². The molecule has 0 fully saturated rings. The Labute approximate surface area is 172 Å². The second-order valence-corrected chi connectivity index (χ2v) is 7.54. The average Bonchev–Trinajstić information content (AvgIpc) is 2.64. The standard InChI is InChI=1S/C18H18Cl2N2O2S2/c1-24-17(23)12-6-7-15(20)16(10-12)22-18(25)21-8-9-26-11-13-4-2-3-5-14(13)19/h2-7,10H,8-9,11H2,1H3,(H2,21,22,25). The Kier molecular flexibility index (Phi) is 8.51. The lowest BCUT2D eigenvalue weighted by atomic mass is 10.2. The third kappa shape index (κ3) is 6.36. The minimum atomic E-state index is -0.431. The number of esters is 1. The van der Waals surface area contributed by atoms with E-state index in [1.54, 1.807) is 30.0 Å². The van der Waals surface area contributed by atoms with Gasteiger partial charge in [-0.25, -0.2) is 4.79 Å². The Hall–Kier alpha value is -1.47. The van der Waals surface area contributed by atoms with Gasteiger partial charge in [-0.15, -0.1) is 0 Å². The summed E-state index contributed by atoms with van der Waals surface area (Å²) in [5.74, 6) is 1.27. The van der Waals surface area contributed by atoms with Crippen LogP contribution in [0.25, 0.3) is 0 Å². The van der Waals surface area contributed by atoms with Crippen molar-refractivity contribution in [1.82, 2.24) is 5.32 Å². The van der Waals surface area contributed by atoms with Gasteiger partial charge in [0, 0.05) is 23.1 Å². The number of ether oxygens (including phenoxy) is 1. The third-order valence-corrected chi connectivity index (χ3v) is 5.34. The van der Waals surface area contributed by atoms with Crippen molar-refractivity contribution in [2.24, 2.45) is 0 Å². The van der Waals surface area contributed by atoms with E-state index >= 15 is 0 Å². The molecule has 0 bridgehead atoms. The van der Waals surface area contributed by atoms with Crippen molar-refractivity contribution >= 4 is 64.0 Å². The Balaban J connectivity index is 1.77. The number of rotatable bonds is 7. The van der Waals surface area contributed by atoms with Crippen LogP contribution in [0.3, 0.4) is 0 Å². The van der Waals surface area contributed by atoms with Crippen LogP contribution in [0.2, 0.25) is 10.0 Å². The number of halogens is 2. The fraction of sp³-hybridized carbons (Fsp3) is 0.222. The minimum Gasteiger partial charge on any atom is -0.465 e. The van der Waals surface area contributed by atoms with Gasteiger partial charge in [0.1, 0.15) is 0 Å². The summed E-state index contributed by atoms with van der Waals surface area (Å²) in [6, 6.07) is 12.6. The Bertz CT molecular complexity index is 788. The van der Waals surface area contributed by atoms with E-state index in [1.807, 2.05) is 24.3 Å². The zero-order valence-electron chi connectivity index (χ0n) is 14.1. The molecule has 2 aromatic carbocycles. The van der Waals surface area contributed by atoms with Crippen LogP contribution in [0, 0.1) is 0 Å². The number of thiocarbonyl (C=S) groups is 1. The summed E-state index contributed by atoms with van der Waals surface area (Å²) in [5, 5.41) is 7.80. The molecule has 0 saturated heterocycles. The zero-order chi connectivity index (χ0) is 18.9. The van der Waals surface area contributed by atoms with Crippen LogP contribution < -0.4 is 10.6 Å². The normalized spacial score (nSPS) is 10.3. The van der Waals surface area contributed by atoms with Gasteiger partial charge in [-0.1, -0.05) is 41.4 Å². The lowest BCUT2D eigenvalue weighted by Crippen LogP contribution is -2.30. The van der Waals surface area contributed by atoms with E-state index in [9.17, 15) is 4.79 Å². The van der Waals surface area contributed by atoms with E-state index < -0.39 is 5.97 Å². The highest BCUT2D eigenvalue weighted by Gasteiger charge is 2.10. The maximum Gasteiger partial charge on any atom is 0.337 e. The molecule has 26 heavy (non-hydrogen) atoms. The molecule has 0 aliphatic carbocycles. The van der Waals surface area contributed by atoms with E-state index in [4.69, 9.17) is 40.2 Å². The SMILES string of the molecule is COC(=O)c1ccc(Cl)c(NC(=S)NCCSCc2ccccc2Cl)c1. The van der Waals surface area contributed by atoms with E-state index in [2.05, 4.69) is 10.6 Å². The number of nitrogens with one attached hydrogen (secondary N) is 2. The first-order valence-electron chi connectivity index (χ1n) is 7.75. The largest absolute Gasteiger partial charge is 0.465 e. The number of carbonyl (C=O) groups is 1. The molecule has 0 spiro atoms. The lowest BCUT2D eigenvalue weighted by Gasteiger charge is -2.12. The highest BCUT2D eigenvalue weighted by Crippen LogP contribution is 2.23. The number of hydrogen-bond acceptors (Lipinski definition) is 4. The first-order chi connectivity index (χ1) is 12.5. The second-order valence-electron chi connectivity index (χ2n) is 5.21. The van der Waals surface area contributed by atoms with Gasteiger partial charge in [-0.3, -0.25) is 0 Å². The summed E-state index contributed by atoms with van der Waals surface area (Å²) < 4.78 is 4.70. The number of hydrogen-bond donors (Lipinski definition) is 2. The maximum absolute atomic E-state index is 11.6. The smallest absolute Gasteiger partial charge is 0.337 e. The van der Waals surface area contributed by atoms with Gasteiger partial charge in [0.15, 0.2) is 5.11 Å². The van der Waals surface area contributed by atoms with Crippen molar-refractivity contribution in [1.29, 1.82) is 0 Å². The monoisotopic (exact) mass is 428 g/mol. The fourth-order valence-electron chi connectivity index (χ4n) is 2.07. The first kappa shape index (κ1) is 20.8. The number of anilines is 1. The van der Waals surface area contributed by atoms with Gasteiger partial charge in [-0.05, 0) is 42.0 Å². The van der Waals surface area contributed by atoms with E-state index in [0.29, 0.717) is 27.9 Å². The Morgan fingerprint density at radius 3 is 2.69 bits per heavy atom. The van der Waals surface area contributed by atoms with Crippen molar-refractivity contribution in [3.8, 4) is 0 Å². The molecule has 0 aromatic heterocycles. The number of benzene rings is 2. The summed E-state index contributed by atoms with van der Waals surface area (Å²) in [6.07, 6.45) is 0. The molecular weight excluding hydrogens is 411 g/mol. The molecule has 2 N–H and O–H groups in total. The minimum absolute atomic E-state index is 0.400. The molecule has 0 heterocycles. The lowest BCUT2D eigenvalue weighted by molar-refractivity contribution is 0.0601. The third-order valence-electron chi connectivity index (χ3n) is 3.38. The quantitative estimate of drug-likeness (QED) is 0.367. The molecule has 8 heteroatoms. The molecule has 2 rings (SSSR count). The number of methoxy groups -OCH3 is 1. The van der Waals surface area contributed by atoms with Crippen molar-refractivity contribution < 1.29 is 9.53 Å². The molecular formula is C18H18Cl2N2O2S2. The molecule has 0 aliphatic rings. The summed E-state index contributed by atoms with van der Waals surface area (Å²) in [7, 11) is 1.33. The summed E-state index contributed by atoms with van der Waals surface area (Å²) in [6.45, 7) is 0.690. The highest BCUT2D eigenvalue weighted by molar-refractivity contribution is 7.98. The van der Waals surface area contributed by atoms with Crippen molar-refractivity contribution in [3.05, 3.63) is 63.6 Å². The summed E-state index contributed by atoms with van der Waals surface area (Å²) in [4.78, 5) is 11.6. The molecule has 0 saturated carbocycles. The molecule has 2 aromatic rings. The van der Waals surface area contributed by atoms with E-state index in [0.717, 1.165) is 22.1 Å². The molecule has 4 nitrogen and oxygen atoms in total. The van der Waals surface area contributed by atoms with Gasteiger partial charge >= 0.3 is 5.97 Å². The van der Waals surface area contributed by atoms with Crippen molar-refractivity contribution in [3.63, 3.8) is 0 Å². The number of carbonyl (C=O) groups excluding carboxylic acids is 1. The van der Waals surface area contributed by atoms with Crippen molar-refractivity contribution in [2.75, 3.05) is 24.7 Å². The predicted octanol–water partition coefficient (Wildman–Crippen LogP) is 5.00. The molecule has 0 radical (unpaired) electrons. The molecule has 138 valence electrons. The highest BCUT2D eigenvalue weighted by atomic mass is 35.5. The van der Waals surface area contributed by atoms with Crippen LogP contribution in [-0.4, -0.2) is 30.5 Å². The Morgan fingerprint density at radius 1 is 1.19 bits per heavy atom. The fourth-order valence-corrected chi connectivity index (χ4v) is 3.59. The molecule has 0 aliphatic heterocycles. The summed E-state index contributed by atoms with van der Waals surface area (Å²) in [5.41, 5.74) is 2.07. The van der Waals surface area contributed by atoms with Crippen molar-refractivity contribution in [2.45, 2.75) is 5.75 Å².